The predicted octanol–water partition coefficient (Wildman–Crippen LogP) is 4.61. The van der Waals surface area contributed by atoms with Crippen LogP contribution in [0.5, 0.6) is 5.75 Å². The maximum absolute atomic E-state index is 9.75. The Balaban J connectivity index is 1.81. The summed E-state index contributed by atoms with van der Waals surface area (Å²) in [5, 5.41) is 16.7. The highest BCUT2D eigenvalue weighted by Crippen LogP contribution is 2.34. The zero-order valence-corrected chi connectivity index (χ0v) is 16.6. The Morgan fingerprint density at radius 1 is 1.07 bits per heavy atom. The standard InChI is InChI=1S/C22H23N3OS/c1-22(2,3)20-18(13-23)19(24-21(27)25-20)16-9-11-17(12-10-16)26-14-15-7-5-4-6-8-15/h4-12,19H,14H2,1-3H3,(H2,24,25,27)/t19-/m1/s1. The van der Waals surface area contributed by atoms with Crippen LogP contribution in [0.2, 0.25) is 0 Å². The van der Waals surface area contributed by atoms with Crippen molar-refractivity contribution in [3.8, 4) is 11.8 Å². The third-order valence-electron chi connectivity index (χ3n) is 4.40. The lowest BCUT2D eigenvalue weighted by atomic mass is 9.84. The van der Waals surface area contributed by atoms with Gasteiger partial charge in [-0.15, -0.1) is 0 Å². The molecule has 2 aromatic rings. The molecule has 1 aliphatic heterocycles. The molecule has 0 amide bonds. The fourth-order valence-electron chi connectivity index (χ4n) is 3.02. The minimum absolute atomic E-state index is 0.200. The van der Waals surface area contributed by atoms with Crippen LogP contribution in [0.15, 0.2) is 65.9 Å². The lowest BCUT2D eigenvalue weighted by Gasteiger charge is -2.34. The topological polar surface area (TPSA) is 57.1 Å². The average Bonchev–Trinajstić information content (AvgIpc) is 2.66. The highest BCUT2D eigenvalue weighted by molar-refractivity contribution is 7.80. The van der Waals surface area contributed by atoms with Crippen molar-refractivity contribution in [1.29, 1.82) is 5.26 Å². The molecule has 0 aromatic heterocycles. The second-order valence-corrected chi connectivity index (χ2v) is 7.93. The van der Waals surface area contributed by atoms with Crippen molar-refractivity contribution in [3.63, 3.8) is 0 Å². The molecule has 0 saturated heterocycles. The molecule has 4 nitrogen and oxygen atoms in total. The van der Waals surface area contributed by atoms with Gasteiger partial charge < -0.3 is 15.4 Å². The number of hydrogen-bond donors (Lipinski definition) is 2. The normalized spacial score (nSPS) is 17.0. The highest BCUT2D eigenvalue weighted by atomic mass is 32.1. The number of allylic oxidation sites excluding steroid dienone is 1. The molecule has 1 aliphatic rings. The maximum Gasteiger partial charge on any atom is 0.171 e. The SMILES string of the molecule is CC(C)(C)C1=C(C#N)[C@@H](c2ccc(OCc3ccccc3)cc2)NC(=S)N1. The van der Waals surface area contributed by atoms with E-state index >= 15 is 0 Å². The zero-order chi connectivity index (χ0) is 19.4. The minimum atomic E-state index is -0.263. The molecule has 1 atom stereocenters. The number of nitrogens with one attached hydrogen (secondary N) is 2. The molecule has 0 radical (unpaired) electrons. The Bertz CT molecular complexity index is 890. The molecule has 0 spiro atoms. The lowest BCUT2D eigenvalue weighted by Crippen LogP contribution is -2.46. The molecule has 5 heteroatoms. The van der Waals surface area contributed by atoms with Gasteiger partial charge in [-0.3, -0.25) is 0 Å². The summed E-state index contributed by atoms with van der Waals surface area (Å²) in [6.45, 7) is 6.72. The number of nitrogens with zero attached hydrogens (tertiary/aromatic N) is 1. The van der Waals surface area contributed by atoms with Crippen molar-refractivity contribution in [2.24, 2.45) is 5.41 Å². The van der Waals surface area contributed by atoms with Crippen LogP contribution in [0, 0.1) is 16.7 Å². The van der Waals surface area contributed by atoms with Gasteiger partial charge in [-0.05, 0) is 35.5 Å². The number of ether oxygens (including phenoxy) is 1. The first-order chi connectivity index (χ1) is 12.9. The number of thiocarbonyl (C=S) groups is 1. The molecule has 1 heterocycles. The van der Waals surface area contributed by atoms with Crippen LogP contribution >= 0.6 is 12.2 Å². The molecule has 0 unspecified atom stereocenters. The van der Waals surface area contributed by atoms with Gasteiger partial charge in [-0.1, -0.05) is 63.2 Å². The Labute approximate surface area is 165 Å². The van der Waals surface area contributed by atoms with Crippen LogP contribution in [0.1, 0.15) is 37.9 Å². The van der Waals surface area contributed by atoms with Gasteiger partial charge in [0.05, 0.1) is 17.7 Å². The largest absolute Gasteiger partial charge is 0.489 e. The molecular weight excluding hydrogens is 354 g/mol. The van der Waals surface area contributed by atoms with E-state index in [1.165, 1.54) is 0 Å². The zero-order valence-electron chi connectivity index (χ0n) is 15.7. The van der Waals surface area contributed by atoms with Crippen LogP contribution in [0.3, 0.4) is 0 Å². The van der Waals surface area contributed by atoms with Gasteiger partial charge in [0.25, 0.3) is 0 Å². The van der Waals surface area contributed by atoms with E-state index in [4.69, 9.17) is 17.0 Å². The van der Waals surface area contributed by atoms with Gasteiger partial charge >= 0.3 is 0 Å². The summed E-state index contributed by atoms with van der Waals surface area (Å²) in [5.41, 5.74) is 3.42. The predicted molar refractivity (Wildman–Crippen MR) is 111 cm³/mol. The number of benzene rings is 2. The lowest BCUT2D eigenvalue weighted by molar-refractivity contribution is 0.306. The van der Waals surface area contributed by atoms with Crippen LogP contribution in [-0.2, 0) is 6.61 Å². The summed E-state index contributed by atoms with van der Waals surface area (Å²) in [4.78, 5) is 0. The summed E-state index contributed by atoms with van der Waals surface area (Å²) in [5.74, 6) is 0.789. The third kappa shape index (κ3) is 4.47. The van der Waals surface area contributed by atoms with Gasteiger partial charge in [-0.2, -0.15) is 5.26 Å². The summed E-state index contributed by atoms with van der Waals surface area (Å²) in [6, 6.07) is 19.9. The monoisotopic (exact) mass is 377 g/mol. The number of hydrogen-bond acceptors (Lipinski definition) is 3. The van der Waals surface area contributed by atoms with E-state index in [0.717, 1.165) is 22.6 Å². The van der Waals surface area contributed by atoms with Crippen molar-refractivity contribution in [1.82, 2.24) is 10.6 Å². The van der Waals surface area contributed by atoms with Crippen molar-refractivity contribution in [2.45, 2.75) is 33.4 Å². The first kappa shape index (κ1) is 18.9. The van der Waals surface area contributed by atoms with E-state index in [1.807, 2.05) is 54.6 Å². The molecule has 2 N–H and O–H groups in total. The Hall–Kier alpha value is -2.84. The summed E-state index contributed by atoms with van der Waals surface area (Å²) < 4.78 is 5.85. The number of rotatable bonds is 4. The van der Waals surface area contributed by atoms with Crippen LogP contribution in [0.4, 0.5) is 0 Å². The smallest absolute Gasteiger partial charge is 0.171 e. The van der Waals surface area contributed by atoms with Crippen molar-refractivity contribution < 1.29 is 4.74 Å². The van der Waals surface area contributed by atoms with Gasteiger partial charge in [-0.25, -0.2) is 0 Å². The quantitative estimate of drug-likeness (QED) is 0.762. The second kappa shape index (κ2) is 7.81. The van der Waals surface area contributed by atoms with Gasteiger partial charge in [0.15, 0.2) is 5.11 Å². The fourth-order valence-corrected chi connectivity index (χ4v) is 3.24. The van der Waals surface area contributed by atoms with Crippen LogP contribution in [0.25, 0.3) is 0 Å². The van der Waals surface area contributed by atoms with Gasteiger partial charge in [0.2, 0.25) is 0 Å². The summed E-state index contributed by atoms with van der Waals surface area (Å²) in [7, 11) is 0. The Kier molecular flexibility index (Phi) is 5.48. The van der Waals surface area contributed by atoms with Gasteiger partial charge in [0.1, 0.15) is 12.4 Å². The van der Waals surface area contributed by atoms with Gasteiger partial charge in [0, 0.05) is 11.1 Å². The summed E-state index contributed by atoms with van der Waals surface area (Å²) >= 11 is 5.36. The Morgan fingerprint density at radius 2 is 1.74 bits per heavy atom. The van der Waals surface area contributed by atoms with E-state index in [1.54, 1.807) is 0 Å². The molecule has 0 bridgehead atoms. The number of nitriles is 1. The fraction of sp³-hybridized carbons (Fsp3) is 0.273. The summed E-state index contributed by atoms with van der Waals surface area (Å²) in [6.07, 6.45) is 0. The van der Waals surface area contributed by atoms with Crippen LogP contribution < -0.4 is 15.4 Å². The first-order valence-corrected chi connectivity index (χ1v) is 9.28. The van der Waals surface area contributed by atoms with E-state index < -0.39 is 0 Å². The highest BCUT2D eigenvalue weighted by Gasteiger charge is 2.32. The van der Waals surface area contributed by atoms with E-state index in [2.05, 4.69) is 37.5 Å². The Morgan fingerprint density at radius 3 is 2.33 bits per heavy atom. The minimum Gasteiger partial charge on any atom is -0.489 e. The first-order valence-electron chi connectivity index (χ1n) is 8.87. The molecule has 138 valence electrons. The van der Waals surface area contributed by atoms with Crippen molar-refractivity contribution in [2.75, 3.05) is 0 Å². The molecule has 0 aliphatic carbocycles. The van der Waals surface area contributed by atoms with Crippen molar-refractivity contribution in [3.05, 3.63) is 77.0 Å². The van der Waals surface area contributed by atoms with E-state index in [-0.39, 0.29) is 11.5 Å². The van der Waals surface area contributed by atoms with E-state index in [9.17, 15) is 5.26 Å². The second-order valence-electron chi connectivity index (χ2n) is 7.53. The average molecular weight is 378 g/mol. The maximum atomic E-state index is 9.75. The van der Waals surface area contributed by atoms with Crippen LogP contribution in [-0.4, -0.2) is 5.11 Å². The molecule has 2 aromatic carbocycles. The van der Waals surface area contributed by atoms with E-state index in [0.29, 0.717) is 17.3 Å². The van der Waals surface area contributed by atoms with Crippen molar-refractivity contribution >= 4 is 17.3 Å². The molecule has 27 heavy (non-hydrogen) atoms. The third-order valence-corrected chi connectivity index (χ3v) is 4.62. The molecule has 3 rings (SSSR count). The molecular formula is C22H23N3OS. The molecule has 0 fully saturated rings. The molecule has 0 saturated carbocycles.